The van der Waals surface area contributed by atoms with Crippen LogP contribution in [0.15, 0.2) is 11.8 Å². The molecule has 0 saturated heterocycles. The molecule has 66 valence electrons. The van der Waals surface area contributed by atoms with Gasteiger partial charge in [-0.05, 0) is 12.5 Å². The molecule has 2 unspecified atom stereocenters. The van der Waals surface area contributed by atoms with Gasteiger partial charge in [0.05, 0.1) is 13.0 Å². The van der Waals surface area contributed by atoms with Crippen LogP contribution in [-0.4, -0.2) is 24.0 Å². The molecule has 4 heteroatoms. The summed E-state index contributed by atoms with van der Waals surface area (Å²) < 4.78 is 4.83. The average Bonchev–Trinajstić information content (AvgIpc) is 2.08. The first-order valence-electron chi connectivity index (χ1n) is 3.58. The summed E-state index contributed by atoms with van der Waals surface area (Å²) in [6.07, 6.45) is 2.88. The zero-order chi connectivity index (χ0) is 9.14. The van der Waals surface area contributed by atoms with Crippen LogP contribution in [0.5, 0.6) is 0 Å². The number of halogens is 1. The van der Waals surface area contributed by atoms with E-state index in [0.29, 0.717) is 12.7 Å². The maximum absolute atomic E-state index is 11.3. The van der Waals surface area contributed by atoms with Gasteiger partial charge in [-0.1, -0.05) is 15.9 Å². The van der Waals surface area contributed by atoms with Gasteiger partial charge in [-0.3, -0.25) is 4.79 Å². The Balaban J connectivity index is 2.86. The molecule has 3 nitrogen and oxygen atoms in total. The van der Waals surface area contributed by atoms with Crippen molar-refractivity contribution >= 4 is 28.0 Å². The van der Waals surface area contributed by atoms with E-state index in [-0.39, 0.29) is 16.4 Å². The van der Waals surface area contributed by atoms with Gasteiger partial charge in [0, 0.05) is 4.83 Å². The molecule has 0 aromatic carbocycles. The third kappa shape index (κ3) is 1.75. The molecule has 0 fully saturated rings. The summed E-state index contributed by atoms with van der Waals surface area (Å²) in [5, 5.41) is 0. The van der Waals surface area contributed by atoms with Gasteiger partial charge in [0.1, 0.15) is 6.29 Å². The van der Waals surface area contributed by atoms with Crippen LogP contribution in [0.1, 0.15) is 6.42 Å². The number of ether oxygens (including phenoxy) is 1. The molecule has 0 amide bonds. The summed E-state index contributed by atoms with van der Waals surface area (Å²) in [4.78, 5) is 21.8. The number of allylic oxidation sites excluding steroid dienone is 2. The van der Waals surface area contributed by atoms with Crippen LogP contribution >= 0.6 is 15.9 Å². The molecule has 0 saturated carbocycles. The van der Waals surface area contributed by atoms with Crippen molar-refractivity contribution < 1.29 is 14.3 Å². The first kappa shape index (κ1) is 9.45. The highest BCUT2D eigenvalue weighted by Gasteiger charge is 2.29. The minimum absolute atomic E-state index is 0.0559. The maximum Gasteiger partial charge on any atom is 0.207 e. The molecule has 0 N–H and O–H groups in total. The SMILES string of the molecule is COC1=CC(Br)CC(C=O)C1=O. The fourth-order valence-electron chi connectivity index (χ4n) is 1.13. The lowest BCUT2D eigenvalue weighted by molar-refractivity contribution is -0.127. The Bertz CT molecular complexity index is 234. The Hall–Kier alpha value is -0.640. The number of carbonyl (C=O) groups excluding carboxylic acids is 2. The van der Waals surface area contributed by atoms with Gasteiger partial charge in [0.2, 0.25) is 5.78 Å². The van der Waals surface area contributed by atoms with Gasteiger partial charge in [-0.15, -0.1) is 0 Å². The average molecular weight is 233 g/mol. The largest absolute Gasteiger partial charge is 0.493 e. The highest BCUT2D eigenvalue weighted by atomic mass is 79.9. The van der Waals surface area contributed by atoms with Crippen molar-refractivity contribution in [2.75, 3.05) is 7.11 Å². The molecule has 0 heterocycles. The lowest BCUT2D eigenvalue weighted by Gasteiger charge is -2.19. The standard InChI is InChI=1S/C8H9BrO3/c1-12-7-3-6(9)2-5(4-10)8(7)11/h3-6H,2H2,1H3. The number of rotatable bonds is 2. The van der Waals surface area contributed by atoms with Crippen molar-refractivity contribution in [2.45, 2.75) is 11.2 Å². The highest BCUT2D eigenvalue weighted by Crippen LogP contribution is 2.24. The second-order valence-electron chi connectivity index (χ2n) is 2.59. The smallest absolute Gasteiger partial charge is 0.207 e. The Morgan fingerprint density at radius 2 is 2.42 bits per heavy atom. The van der Waals surface area contributed by atoms with E-state index in [9.17, 15) is 9.59 Å². The summed E-state index contributed by atoms with van der Waals surface area (Å²) in [5.74, 6) is -0.488. The topological polar surface area (TPSA) is 43.4 Å². The molecule has 1 rings (SSSR count). The minimum Gasteiger partial charge on any atom is -0.493 e. The highest BCUT2D eigenvalue weighted by molar-refractivity contribution is 9.09. The molecule has 1 aliphatic carbocycles. The summed E-state index contributed by atoms with van der Waals surface area (Å²) in [7, 11) is 1.43. The first-order valence-corrected chi connectivity index (χ1v) is 4.50. The Morgan fingerprint density at radius 3 is 2.92 bits per heavy atom. The minimum atomic E-state index is -0.547. The monoisotopic (exact) mass is 232 g/mol. The van der Waals surface area contributed by atoms with Crippen LogP contribution in [-0.2, 0) is 14.3 Å². The van der Waals surface area contributed by atoms with Crippen molar-refractivity contribution in [3.05, 3.63) is 11.8 Å². The number of alkyl halides is 1. The number of methoxy groups -OCH3 is 1. The van der Waals surface area contributed by atoms with Crippen molar-refractivity contribution in [2.24, 2.45) is 5.92 Å². The third-order valence-electron chi connectivity index (χ3n) is 1.78. The van der Waals surface area contributed by atoms with Crippen LogP contribution in [0.2, 0.25) is 0 Å². The van der Waals surface area contributed by atoms with Crippen molar-refractivity contribution in [1.29, 1.82) is 0 Å². The number of hydrogen-bond acceptors (Lipinski definition) is 3. The van der Waals surface area contributed by atoms with Gasteiger partial charge in [-0.2, -0.15) is 0 Å². The molecule has 0 radical (unpaired) electrons. The molecular formula is C8H9BrO3. The third-order valence-corrected chi connectivity index (χ3v) is 2.41. The Labute approximate surface area is 78.9 Å². The van der Waals surface area contributed by atoms with Gasteiger partial charge >= 0.3 is 0 Å². The molecular weight excluding hydrogens is 224 g/mol. The van der Waals surface area contributed by atoms with Crippen molar-refractivity contribution in [1.82, 2.24) is 0 Å². The van der Waals surface area contributed by atoms with Crippen LogP contribution in [0, 0.1) is 5.92 Å². The zero-order valence-corrected chi connectivity index (χ0v) is 8.21. The maximum atomic E-state index is 11.3. The predicted octanol–water partition coefficient (Wildman–Crippen LogP) is 1.07. The normalized spacial score (nSPS) is 29.5. The molecule has 1 aliphatic rings. The van der Waals surface area contributed by atoms with Crippen LogP contribution < -0.4 is 0 Å². The molecule has 0 aromatic heterocycles. The summed E-state index contributed by atoms with van der Waals surface area (Å²) in [6, 6.07) is 0. The molecule has 0 spiro atoms. The van der Waals surface area contributed by atoms with Crippen molar-refractivity contribution in [3.63, 3.8) is 0 Å². The molecule has 0 aliphatic heterocycles. The van der Waals surface area contributed by atoms with Crippen LogP contribution in [0.3, 0.4) is 0 Å². The molecule has 0 bridgehead atoms. The van der Waals surface area contributed by atoms with E-state index < -0.39 is 5.92 Å². The summed E-state index contributed by atoms with van der Waals surface area (Å²) >= 11 is 3.31. The Kier molecular flexibility index (Phi) is 3.03. The fraction of sp³-hybridized carbons (Fsp3) is 0.500. The summed E-state index contributed by atoms with van der Waals surface area (Å²) in [6.45, 7) is 0. The van der Waals surface area contributed by atoms with Gasteiger partial charge in [0.15, 0.2) is 5.76 Å². The van der Waals surface area contributed by atoms with Crippen LogP contribution in [0.4, 0.5) is 0 Å². The number of aldehydes is 1. The van der Waals surface area contributed by atoms with E-state index in [2.05, 4.69) is 15.9 Å². The quantitative estimate of drug-likeness (QED) is 0.407. The van der Waals surface area contributed by atoms with E-state index in [1.807, 2.05) is 0 Å². The van der Waals surface area contributed by atoms with E-state index in [1.54, 1.807) is 6.08 Å². The second-order valence-corrected chi connectivity index (χ2v) is 3.77. The lowest BCUT2D eigenvalue weighted by atomic mass is 9.93. The van der Waals surface area contributed by atoms with Gasteiger partial charge in [0.25, 0.3) is 0 Å². The second kappa shape index (κ2) is 3.85. The number of ketones is 1. The number of carbonyl (C=O) groups is 2. The van der Waals surface area contributed by atoms with E-state index >= 15 is 0 Å². The Morgan fingerprint density at radius 1 is 1.75 bits per heavy atom. The van der Waals surface area contributed by atoms with Crippen molar-refractivity contribution in [3.8, 4) is 0 Å². The van der Waals surface area contributed by atoms with Gasteiger partial charge < -0.3 is 9.53 Å². The van der Waals surface area contributed by atoms with Crippen LogP contribution in [0.25, 0.3) is 0 Å². The first-order chi connectivity index (χ1) is 5.69. The fourth-order valence-corrected chi connectivity index (χ4v) is 1.78. The zero-order valence-electron chi connectivity index (χ0n) is 6.62. The number of hydrogen-bond donors (Lipinski definition) is 0. The predicted molar refractivity (Wildman–Crippen MR) is 47.0 cm³/mol. The van der Waals surface area contributed by atoms with Gasteiger partial charge in [-0.25, -0.2) is 0 Å². The van der Waals surface area contributed by atoms with E-state index in [1.165, 1.54) is 7.11 Å². The molecule has 12 heavy (non-hydrogen) atoms. The number of Topliss-reactive ketones (excluding diaryl/α,β-unsaturated/α-hetero) is 1. The molecule has 0 aromatic rings. The van der Waals surface area contributed by atoms with E-state index in [0.717, 1.165) is 0 Å². The summed E-state index contributed by atoms with van der Waals surface area (Å²) in [5.41, 5.74) is 0. The van der Waals surface area contributed by atoms with E-state index in [4.69, 9.17) is 4.74 Å². The lowest BCUT2D eigenvalue weighted by Crippen LogP contribution is -2.26. The molecule has 2 atom stereocenters.